The number of benzene rings is 2. The lowest BCUT2D eigenvalue weighted by Gasteiger charge is -2.14. The van der Waals surface area contributed by atoms with Crippen molar-refractivity contribution in [2.24, 2.45) is 5.73 Å². The summed E-state index contributed by atoms with van der Waals surface area (Å²) in [5.41, 5.74) is 6.65. The van der Waals surface area contributed by atoms with Crippen molar-refractivity contribution in [1.82, 2.24) is 0 Å². The molecule has 0 atom stereocenters. The Hall–Kier alpha value is -3.06. The molecule has 0 unspecified atom stereocenters. The molecule has 0 radical (unpaired) electrons. The molecule has 2 aromatic carbocycles. The third-order valence-corrected chi connectivity index (χ3v) is 3.48. The molecule has 0 aliphatic rings. The Kier molecular flexibility index (Phi) is 7.45. The Morgan fingerprint density at radius 1 is 1.00 bits per heavy atom. The zero-order chi connectivity index (χ0) is 18.8. The minimum absolute atomic E-state index is 0.0128. The molecular weight excluding hydrogens is 334 g/mol. The summed E-state index contributed by atoms with van der Waals surface area (Å²) in [6.07, 6.45) is 0. The van der Waals surface area contributed by atoms with E-state index in [1.54, 1.807) is 24.3 Å². The minimum Gasteiger partial charge on any atom is -0.489 e. The number of anilines is 2. The van der Waals surface area contributed by atoms with Gasteiger partial charge in [-0.3, -0.25) is 9.59 Å². The van der Waals surface area contributed by atoms with Crippen LogP contribution in [0.15, 0.2) is 48.5 Å². The van der Waals surface area contributed by atoms with Crippen LogP contribution < -0.4 is 21.1 Å². The van der Waals surface area contributed by atoms with Crippen molar-refractivity contribution in [3.8, 4) is 5.75 Å². The molecule has 0 saturated heterocycles. The van der Waals surface area contributed by atoms with Gasteiger partial charge in [0.25, 0.3) is 5.91 Å². The van der Waals surface area contributed by atoms with Crippen LogP contribution in [0.1, 0.15) is 17.3 Å². The molecule has 2 rings (SSSR count). The van der Waals surface area contributed by atoms with Gasteiger partial charge in [-0.25, -0.2) is 0 Å². The molecule has 0 saturated carbocycles. The van der Waals surface area contributed by atoms with Gasteiger partial charge >= 0.3 is 0 Å². The van der Waals surface area contributed by atoms with Crippen LogP contribution in [0.5, 0.6) is 5.75 Å². The van der Waals surface area contributed by atoms with Crippen LogP contribution in [0, 0.1) is 0 Å². The lowest BCUT2D eigenvalue weighted by Crippen LogP contribution is -2.24. The predicted molar refractivity (Wildman–Crippen MR) is 101 cm³/mol. The van der Waals surface area contributed by atoms with E-state index in [0.717, 1.165) is 0 Å². The number of hydrogen-bond donors (Lipinski definition) is 3. The van der Waals surface area contributed by atoms with Gasteiger partial charge in [-0.05, 0) is 31.2 Å². The quantitative estimate of drug-likeness (QED) is 0.566. The molecule has 0 spiro atoms. The highest BCUT2D eigenvalue weighted by Crippen LogP contribution is 2.23. The molecule has 0 heterocycles. The summed E-state index contributed by atoms with van der Waals surface area (Å²) < 4.78 is 10.9. The number of nitrogens with two attached hydrogens (primary N) is 1. The molecule has 0 aliphatic heterocycles. The molecule has 2 aromatic rings. The van der Waals surface area contributed by atoms with Gasteiger partial charge in [0.1, 0.15) is 12.4 Å². The van der Waals surface area contributed by atoms with Gasteiger partial charge in [0.2, 0.25) is 5.91 Å². The van der Waals surface area contributed by atoms with Gasteiger partial charge < -0.3 is 25.8 Å². The highest BCUT2D eigenvalue weighted by atomic mass is 16.5. The van der Waals surface area contributed by atoms with Crippen LogP contribution >= 0.6 is 0 Å². The number of rotatable bonds is 10. The van der Waals surface area contributed by atoms with Gasteiger partial charge in [0.05, 0.1) is 30.1 Å². The van der Waals surface area contributed by atoms with E-state index in [0.29, 0.717) is 36.9 Å². The number of para-hydroxylation sites is 3. The Morgan fingerprint density at radius 3 is 2.42 bits per heavy atom. The monoisotopic (exact) mass is 357 g/mol. The van der Waals surface area contributed by atoms with Gasteiger partial charge in [0.15, 0.2) is 0 Å². The standard InChI is InChI=1S/C19H23N3O4/c1-2-25-11-12-26-17-10-6-5-9-16(17)21-13-18(23)22-15-8-4-3-7-14(15)19(20)24/h3-10,21H,2,11-13H2,1H3,(H2,20,24)(H,22,23). The Bertz CT molecular complexity index is 749. The van der Waals surface area contributed by atoms with E-state index < -0.39 is 5.91 Å². The molecule has 0 aliphatic carbocycles. The maximum atomic E-state index is 12.2. The van der Waals surface area contributed by atoms with Gasteiger partial charge in [-0.2, -0.15) is 0 Å². The number of carbonyl (C=O) groups excluding carboxylic acids is 2. The van der Waals surface area contributed by atoms with E-state index in [-0.39, 0.29) is 18.0 Å². The van der Waals surface area contributed by atoms with Crippen LogP contribution in [0.4, 0.5) is 11.4 Å². The fourth-order valence-corrected chi connectivity index (χ4v) is 2.27. The number of primary amides is 1. The molecule has 138 valence electrons. The van der Waals surface area contributed by atoms with Crippen LogP contribution in [0.2, 0.25) is 0 Å². The summed E-state index contributed by atoms with van der Waals surface area (Å²) >= 11 is 0. The summed E-state index contributed by atoms with van der Waals surface area (Å²) in [4.78, 5) is 23.6. The average Bonchev–Trinajstić information content (AvgIpc) is 2.64. The molecule has 0 fully saturated rings. The maximum Gasteiger partial charge on any atom is 0.250 e. The van der Waals surface area contributed by atoms with Gasteiger partial charge in [-0.15, -0.1) is 0 Å². The number of ether oxygens (including phenoxy) is 2. The zero-order valence-electron chi connectivity index (χ0n) is 14.7. The normalized spacial score (nSPS) is 10.2. The van der Waals surface area contributed by atoms with Crippen molar-refractivity contribution in [3.05, 3.63) is 54.1 Å². The largest absolute Gasteiger partial charge is 0.489 e. The fraction of sp³-hybridized carbons (Fsp3) is 0.263. The van der Waals surface area contributed by atoms with E-state index in [1.165, 1.54) is 0 Å². The van der Waals surface area contributed by atoms with Crippen LogP contribution in [0.3, 0.4) is 0 Å². The minimum atomic E-state index is -0.595. The second-order valence-electron chi connectivity index (χ2n) is 5.35. The van der Waals surface area contributed by atoms with E-state index in [2.05, 4.69) is 10.6 Å². The second kappa shape index (κ2) is 10.0. The SMILES string of the molecule is CCOCCOc1ccccc1NCC(=O)Nc1ccccc1C(N)=O. The average molecular weight is 357 g/mol. The Labute approximate surface area is 152 Å². The summed E-state index contributed by atoms with van der Waals surface area (Å²) in [5.74, 6) is -0.262. The number of nitrogens with one attached hydrogen (secondary N) is 2. The first-order valence-corrected chi connectivity index (χ1v) is 8.34. The highest BCUT2D eigenvalue weighted by molar-refractivity contribution is 6.03. The van der Waals surface area contributed by atoms with Crippen molar-refractivity contribution in [1.29, 1.82) is 0 Å². The van der Waals surface area contributed by atoms with Crippen LogP contribution in [0.25, 0.3) is 0 Å². The van der Waals surface area contributed by atoms with Crippen molar-refractivity contribution in [2.45, 2.75) is 6.92 Å². The van der Waals surface area contributed by atoms with Crippen molar-refractivity contribution in [3.63, 3.8) is 0 Å². The summed E-state index contributed by atoms with van der Waals surface area (Å²) in [5, 5.41) is 5.71. The summed E-state index contributed by atoms with van der Waals surface area (Å²) in [7, 11) is 0. The van der Waals surface area contributed by atoms with Gasteiger partial charge in [0, 0.05) is 6.61 Å². The molecule has 7 nitrogen and oxygen atoms in total. The fourth-order valence-electron chi connectivity index (χ4n) is 2.27. The second-order valence-corrected chi connectivity index (χ2v) is 5.35. The first-order chi connectivity index (χ1) is 12.6. The highest BCUT2D eigenvalue weighted by Gasteiger charge is 2.11. The predicted octanol–water partition coefficient (Wildman–Crippen LogP) is 2.25. The van der Waals surface area contributed by atoms with Crippen molar-refractivity contribution < 1.29 is 19.1 Å². The molecule has 2 amide bonds. The molecular formula is C19H23N3O4. The first kappa shape index (κ1) is 19.3. The maximum absolute atomic E-state index is 12.2. The van der Waals surface area contributed by atoms with Crippen LogP contribution in [-0.4, -0.2) is 38.2 Å². The summed E-state index contributed by atoms with van der Waals surface area (Å²) in [6, 6.07) is 13.9. The topological polar surface area (TPSA) is 103 Å². The summed E-state index contributed by atoms with van der Waals surface area (Å²) in [6.45, 7) is 3.49. The van der Waals surface area contributed by atoms with Crippen LogP contribution in [-0.2, 0) is 9.53 Å². The smallest absolute Gasteiger partial charge is 0.250 e. The number of carbonyl (C=O) groups is 2. The molecule has 0 aromatic heterocycles. The van der Waals surface area contributed by atoms with Crippen molar-refractivity contribution in [2.75, 3.05) is 37.0 Å². The lowest BCUT2D eigenvalue weighted by molar-refractivity contribution is -0.114. The number of hydrogen-bond acceptors (Lipinski definition) is 5. The van der Waals surface area contributed by atoms with E-state index >= 15 is 0 Å². The Morgan fingerprint density at radius 2 is 1.69 bits per heavy atom. The third kappa shape index (κ3) is 5.78. The van der Waals surface area contributed by atoms with Gasteiger partial charge in [-0.1, -0.05) is 24.3 Å². The van der Waals surface area contributed by atoms with E-state index in [4.69, 9.17) is 15.2 Å². The molecule has 7 heteroatoms. The van der Waals surface area contributed by atoms with Crippen molar-refractivity contribution >= 4 is 23.2 Å². The Balaban J connectivity index is 1.92. The lowest BCUT2D eigenvalue weighted by atomic mass is 10.1. The molecule has 0 bridgehead atoms. The first-order valence-electron chi connectivity index (χ1n) is 8.34. The third-order valence-electron chi connectivity index (χ3n) is 3.48. The number of amides is 2. The van der Waals surface area contributed by atoms with E-state index in [9.17, 15) is 9.59 Å². The van der Waals surface area contributed by atoms with E-state index in [1.807, 2.05) is 31.2 Å². The molecule has 26 heavy (non-hydrogen) atoms. The zero-order valence-corrected chi connectivity index (χ0v) is 14.7. The molecule has 4 N–H and O–H groups in total.